The van der Waals surface area contributed by atoms with Crippen molar-refractivity contribution in [1.82, 2.24) is 15.3 Å². The second-order valence-corrected chi connectivity index (χ2v) is 6.36. The Morgan fingerprint density at radius 2 is 2.00 bits per heavy atom. The Morgan fingerprint density at radius 1 is 1.29 bits per heavy atom. The zero-order chi connectivity index (χ0) is 14.8. The number of amides is 1. The van der Waals surface area contributed by atoms with E-state index in [4.69, 9.17) is 16.7 Å². The van der Waals surface area contributed by atoms with E-state index in [2.05, 4.69) is 20.6 Å². The van der Waals surface area contributed by atoms with E-state index >= 15 is 0 Å². The number of hydrogen-bond donors (Lipinski definition) is 3. The first kappa shape index (κ1) is 14.3. The number of carbonyl (C=O) groups is 1. The van der Waals surface area contributed by atoms with Crippen molar-refractivity contribution in [1.29, 1.82) is 0 Å². The Bertz CT molecular complexity index is 655. The number of nitrogens with one attached hydrogen (secondary N) is 2. The van der Waals surface area contributed by atoms with Crippen LogP contribution in [0.2, 0.25) is 5.28 Å². The molecule has 112 valence electrons. The predicted molar refractivity (Wildman–Crippen MR) is 83.3 cm³/mol. The fraction of sp³-hybridized carbons (Fsp3) is 0.462. The minimum Gasteiger partial charge on any atom is -0.465 e. The first-order valence-electron chi connectivity index (χ1n) is 6.78. The van der Waals surface area contributed by atoms with Gasteiger partial charge in [0.25, 0.3) is 0 Å². The number of carboxylic acid groups (broad SMARTS) is 1. The molecule has 21 heavy (non-hydrogen) atoms. The molecule has 1 amide bonds. The summed E-state index contributed by atoms with van der Waals surface area (Å²) in [5.74, 6) is 0.765. The normalized spacial score (nSPS) is 22.1. The molecule has 2 aromatic heterocycles. The molecule has 0 aromatic carbocycles. The molecule has 0 unspecified atom stereocenters. The van der Waals surface area contributed by atoms with Crippen LogP contribution in [0.4, 0.5) is 10.6 Å². The third kappa shape index (κ3) is 3.36. The van der Waals surface area contributed by atoms with Crippen molar-refractivity contribution >= 4 is 45.1 Å². The van der Waals surface area contributed by atoms with E-state index in [9.17, 15) is 4.79 Å². The Balaban J connectivity index is 1.67. The van der Waals surface area contributed by atoms with Crippen LogP contribution >= 0.6 is 22.9 Å². The molecule has 1 aliphatic rings. The molecule has 1 fully saturated rings. The van der Waals surface area contributed by atoms with Crippen LogP contribution in [0.5, 0.6) is 0 Å². The fourth-order valence-electron chi connectivity index (χ4n) is 2.69. The van der Waals surface area contributed by atoms with Crippen molar-refractivity contribution < 1.29 is 9.90 Å². The van der Waals surface area contributed by atoms with Gasteiger partial charge in [-0.25, -0.2) is 14.8 Å². The highest BCUT2D eigenvalue weighted by atomic mass is 35.5. The van der Waals surface area contributed by atoms with Gasteiger partial charge in [-0.1, -0.05) is 0 Å². The number of thiophene rings is 1. The van der Waals surface area contributed by atoms with E-state index in [0.717, 1.165) is 41.7 Å². The van der Waals surface area contributed by atoms with E-state index in [1.54, 1.807) is 0 Å². The maximum atomic E-state index is 10.6. The summed E-state index contributed by atoms with van der Waals surface area (Å²) in [6.45, 7) is 0. The Morgan fingerprint density at radius 3 is 2.71 bits per heavy atom. The zero-order valence-electron chi connectivity index (χ0n) is 11.2. The van der Waals surface area contributed by atoms with Crippen molar-refractivity contribution in [3.8, 4) is 0 Å². The van der Waals surface area contributed by atoms with Gasteiger partial charge in [0.05, 0.1) is 5.39 Å². The molecule has 0 saturated heterocycles. The van der Waals surface area contributed by atoms with Gasteiger partial charge < -0.3 is 15.7 Å². The van der Waals surface area contributed by atoms with Gasteiger partial charge >= 0.3 is 6.09 Å². The molecule has 0 atom stereocenters. The second kappa shape index (κ2) is 6.03. The minimum atomic E-state index is -0.950. The van der Waals surface area contributed by atoms with Crippen LogP contribution in [0.25, 0.3) is 10.2 Å². The van der Waals surface area contributed by atoms with Crippen molar-refractivity contribution in [2.24, 2.45) is 0 Å². The first-order chi connectivity index (χ1) is 10.1. The number of rotatable bonds is 3. The summed E-state index contributed by atoms with van der Waals surface area (Å²) >= 11 is 7.48. The van der Waals surface area contributed by atoms with Crippen LogP contribution in [-0.2, 0) is 0 Å². The molecule has 0 aliphatic heterocycles. The predicted octanol–water partition coefficient (Wildman–Crippen LogP) is 3.34. The minimum absolute atomic E-state index is 0.0516. The molecule has 1 saturated carbocycles. The zero-order valence-corrected chi connectivity index (χ0v) is 12.7. The highest BCUT2D eigenvalue weighted by Crippen LogP contribution is 2.29. The molecule has 0 radical (unpaired) electrons. The molecule has 1 aliphatic carbocycles. The van der Waals surface area contributed by atoms with Crippen molar-refractivity contribution in [3.63, 3.8) is 0 Å². The van der Waals surface area contributed by atoms with Crippen molar-refractivity contribution in [2.75, 3.05) is 5.32 Å². The van der Waals surface area contributed by atoms with E-state index in [0.29, 0.717) is 0 Å². The lowest BCUT2D eigenvalue weighted by Crippen LogP contribution is -2.39. The second-order valence-electron chi connectivity index (χ2n) is 5.12. The smallest absolute Gasteiger partial charge is 0.404 e. The van der Waals surface area contributed by atoms with Gasteiger partial charge in [0.2, 0.25) is 5.28 Å². The lowest BCUT2D eigenvalue weighted by atomic mass is 9.91. The van der Waals surface area contributed by atoms with Gasteiger partial charge in [-0.05, 0) is 48.7 Å². The molecule has 2 heterocycles. The molecule has 6 nitrogen and oxygen atoms in total. The molecular weight excluding hydrogens is 312 g/mol. The maximum absolute atomic E-state index is 10.6. The third-order valence-corrected chi connectivity index (χ3v) is 4.67. The molecule has 0 bridgehead atoms. The standard InChI is InChI=1S/C13H15ClN4O2S/c14-12-17-10(9-5-6-21-11(9)18-12)15-7-1-3-8(4-2-7)16-13(19)20/h5-8,16H,1-4H2,(H,19,20)(H,15,17,18)/t7-,8+. The monoisotopic (exact) mass is 326 g/mol. The highest BCUT2D eigenvalue weighted by molar-refractivity contribution is 7.16. The summed E-state index contributed by atoms with van der Waals surface area (Å²) in [4.78, 5) is 20.0. The summed E-state index contributed by atoms with van der Waals surface area (Å²) in [6, 6.07) is 2.32. The van der Waals surface area contributed by atoms with Crippen LogP contribution in [0.1, 0.15) is 25.7 Å². The average Bonchev–Trinajstić information content (AvgIpc) is 2.88. The average molecular weight is 327 g/mol. The number of aromatic nitrogens is 2. The van der Waals surface area contributed by atoms with E-state index in [-0.39, 0.29) is 17.4 Å². The van der Waals surface area contributed by atoms with Crippen LogP contribution in [-0.4, -0.2) is 33.3 Å². The van der Waals surface area contributed by atoms with Crippen molar-refractivity contribution in [3.05, 3.63) is 16.7 Å². The van der Waals surface area contributed by atoms with E-state index < -0.39 is 6.09 Å². The van der Waals surface area contributed by atoms with Gasteiger partial charge in [-0.2, -0.15) is 0 Å². The summed E-state index contributed by atoms with van der Waals surface area (Å²) in [5.41, 5.74) is 0. The maximum Gasteiger partial charge on any atom is 0.404 e. The van der Waals surface area contributed by atoms with Gasteiger partial charge in [0, 0.05) is 12.1 Å². The van der Waals surface area contributed by atoms with Crippen LogP contribution in [0.15, 0.2) is 11.4 Å². The topological polar surface area (TPSA) is 87.1 Å². The quantitative estimate of drug-likeness (QED) is 0.753. The molecule has 3 N–H and O–H groups in total. The number of hydrogen-bond acceptors (Lipinski definition) is 5. The number of nitrogens with zero attached hydrogens (tertiary/aromatic N) is 2. The number of anilines is 1. The fourth-order valence-corrected chi connectivity index (χ4v) is 3.67. The van der Waals surface area contributed by atoms with Gasteiger partial charge in [-0.3, -0.25) is 0 Å². The Kier molecular flexibility index (Phi) is 4.12. The summed E-state index contributed by atoms with van der Waals surface area (Å²) < 4.78 is 0. The SMILES string of the molecule is O=C(O)N[C@H]1CC[C@@H](Nc2nc(Cl)nc3sccc23)CC1. The van der Waals surface area contributed by atoms with Crippen molar-refractivity contribution in [2.45, 2.75) is 37.8 Å². The third-order valence-electron chi connectivity index (χ3n) is 3.69. The molecule has 2 aromatic rings. The highest BCUT2D eigenvalue weighted by Gasteiger charge is 2.23. The van der Waals surface area contributed by atoms with Gasteiger partial charge in [0.1, 0.15) is 10.6 Å². The number of halogens is 1. The molecule has 3 rings (SSSR count). The molecule has 8 heteroatoms. The van der Waals surface area contributed by atoms with Crippen LogP contribution in [0, 0.1) is 0 Å². The first-order valence-corrected chi connectivity index (χ1v) is 8.04. The summed E-state index contributed by atoms with van der Waals surface area (Å²) in [5, 5.41) is 17.9. The molecule has 0 spiro atoms. The lowest BCUT2D eigenvalue weighted by molar-refractivity contribution is 0.185. The lowest BCUT2D eigenvalue weighted by Gasteiger charge is -2.29. The largest absolute Gasteiger partial charge is 0.465 e. The Hall–Kier alpha value is -1.60. The van der Waals surface area contributed by atoms with Crippen LogP contribution < -0.4 is 10.6 Å². The van der Waals surface area contributed by atoms with E-state index in [1.807, 2.05) is 11.4 Å². The van der Waals surface area contributed by atoms with Crippen LogP contribution in [0.3, 0.4) is 0 Å². The molecular formula is C13H15ClN4O2S. The van der Waals surface area contributed by atoms with E-state index in [1.165, 1.54) is 11.3 Å². The Labute approximate surface area is 130 Å². The van der Waals surface area contributed by atoms with Gasteiger partial charge in [-0.15, -0.1) is 11.3 Å². The summed E-state index contributed by atoms with van der Waals surface area (Å²) in [7, 11) is 0. The van der Waals surface area contributed by atoms with Gasteiger partial charge in [0.15, 0.2) is 0 Å². The number of fused-ring (bicyclic) bond motifs is 1. The summed E-state index contributed by atoms with van der Waals surface area (Å²) in [6.07, 6.45) is 2.51.